The monoisotopic (exact) mass is 376 g/mol. The summed E-state index contributed by atoms with van der Waals surface area (Å²) in [7, 11) is 0. The molecule has 1 heterocycles. The molecule has 0 radical (unpaired) electrons. The SMILES string of the molecule is CC(C)NCc1ncc(-c2cc(Cl)ccc2I)o1. The fourth-order valence-corrected chi connectivity index (χ4v) is 2.27. The van der Waals surface area contributed by atoms with E-state index in [1.54, 1.807) is 6.20 Å². The molecule has 96 valence electrons. The fraction of sp³-hybridized carbons (Fsp3) is 0.308. The predicted octanol–water partition coefficient (Wildman–Crippen LogP) is 4.10. The van der Waals surface area contributed by atoms with Crippen molar-refractivity contribution in [2.75, 3.05) is 0 Å². The molecule has 0 unspecified atom stereocenters. The fourth-order valence-electron chi connectivity index (χ4n) is 1.49. The van der Waals surface area contributed by atoms with E-state index < -0.39 is 0 Å². The molecule has 1 N–H and O–H groups in total. The van der Waals surface area contributed by atoms with Crippen LogP contribution in [0.4, 0.5) is 0 Å². The standard InChI is InChI=1S/C13H14ClIN2O/c1-8(2)16-7-13-17-6-12(18-13)10-5-9(14)3-4-11(10)15/h3-6,8,16H,7H2,1-2H3. The van der Waals surface area contributed by atoms with E-state index >= 15 is 0 Å². The zero-order valence-corrected chi connectivity index (χ0v) is 13.1. The van der Waals surface area contributed by atoms with Crippen LogP contribution in [-0.2, 0) is 6.54 Å². The van der Waals surface area contributed by atoms with Gasteiger partial charge in [0, 0.05) is 20.2 Å². The second-order valence-electron chi connectivity index (χ2n) is 4.28. The van der Waals surface area contributed by atoms with Crippen molar-refractivity contribution in [2.45, 2.75) is 26.4 Å². The maximum atomic E-state index is 6.00. The number of hydrogen-bond donors (Lipinski definition) is 1. The van der Waals surface area contributed by atoms with E-state index in [4.69, 9.17) is 16.0 Å². The Kier molecular flexibility index (Phi) is 4.64. The van der Waals surface area contributed by atoms with Crippen molar-refractivity contribution in [3.05, 3.63) is 38.9 Å². The van der Waals surface area contributed by atoms with Gasteiger partial charge in [0.05, 0.1) is 12.7 Å². The first kappa shape index (κ1) is 13.8. The van der Waals surface area contributed by atoms with Gasteiger partial charge in [0.15, 0.2) is 5.76 Å². The van der Waals surface area contributed by atoms with Crippen molar-refractivity contribution in [2.24, 2.45) is 0 Å². The van der Waals surface area contributed by atoms with Crippen LogP contribution in [0.1, 0.15) is 19.7 Å². The first-order valence-electron chi connectivity index (χ1n) is 5.70. The second-order valence-corrected chi connectivity index (χ2v) is 5.88. The highest BCUT2D eigenvalue weighted by molar-refractivity contribution is 14.1. The van der Waals surface area contributed by atoms with E-state index in [-0.39, 0.29) is 0 Å². The van der Waals surface area contributed by atoms with Gasteiger partial charge in [-0.05, 0) is 40.8 Å². The number of rotatable bonds is 4. The van der Waals surface area contributed by atoms with Crippen LogP contribution in [0.3, 0.4) is 0 Å². The quantitative estimate of drug-likeness (QED) is 0.817. The molecule has 0 amide bonds. The molecular weight excluding hydrogens is 363 g/mol. The lowest BCUT2D eigenvalue weighted by Crippen LogP contribution is -2.21. The van der Waals surface area contributed by atoms with Gasteiger partial charge in [-0.15, -0.1) is 0 Å². The van der Waals surface area contributed by atoms with Gasteiger partial charge in [0.2, 0.25) is 5.89 Å². The average Bonchev–Trinajstić information content (AvgIpc) is 2.78. The van der Waals surface area contributed by atoms with Crippen molar-refractivity contribution >= 4 is 34.2 Å². The zero-order chi connectivity index (χ0) is 13.1. The summed E-state index contributed by atoms with van der Waals surface area (Å²) in [5.41, 5.74) is 0.978. The molecule has 0 aliphatic heterocycles. The Hall–Kier alpha value is -0.590. The van der Waals surface area contributed by atoms with Crippen LogP contribution >= 0.6 is 34.2 Å². The topological polar surface area (TPSA) is 38.1 Å². The maximum Gasteiger partial charge on any atom is 0.208 e. The largest absolute Gasteiger partial charge is 0.439 e. The van der Waals surface area contributed by atoms with Crippen LogP contribution in [0.25, 0.3) is 11.3 Å². The molecule has 0 aliphatic carbocycles. The van der Waals surface area contributed by atoms with E-state index in [1.165, 1.54) is 0 Å². The molecule has 1 aromatic heterocycles. The Morgan fingerprint density at radius 3 is 2.94 bits per heavy atom. The Bertz CT molecular complexity index is 540. The van der Waals surface area contributed by atoms with E-state index in [9.17, 15) is 0 Å². The van der Waals surface area contributed by atoms with Crippen LogP contribution in [0, 0.1) is 3.57 Å². The summed E-state index contributed by atoms with van der Waals surface area (Å²) >= 11 is 8.26. The summed E-state index contributed by atoms with van der Waals surface area (Å²) in [5.74, 6) is 1.44. The normalized spacial score (nSPS) is 11.2. The zero-order valence-electron chi connectivity index (χ0n) is 10.2. The number of benzene rings is 1. The van der Waals surface area contributed by atoms with Gasteiger partial charge in [-0.1, -0.05) is 25.4 Å². The number of nitrogens with zero attached hydrogens (tertiary/aromatic N) is 1. The highest BCUT2D eigenvalue weighted by Gasteiger charge is 2.10. The van der Waals surface area contributed by atoms with Crippen molar-refractivity contribution in [3.8, 4) is 11.3 Å². The Morgan fingerprint density at radius 2 is 2.22 bits per heavy atom. The summed E-state index contributed by atoms with van der Waals surface area (Å²) in [4.78, 5) is 4.26. The molecule has 3 nitrogen and oxygen atoms in total. The Morgan fingerprint density at radius 1 is 1.44 bits per heavy atom. The maximum absolute atomic E-state index is 6.00. The predicted molar refractivity (Wildman–Crippen MR) is 81.6 cm³/mol. The minimum absolute atomic E-state index is 0.409. The molecule has 5 heteroatoms. The minimum Gasteiger partial charge on any atom is -0.439 e. The number of nitrogens with one attached hydrogen (secondary N) is 1. The van der Waals surface area contributed by atoms with Crippen LogP contribution < -0.4 is 5.32 Å². The molecule has 1 aromatic carbocycles. The summed E-state index contributed by atoms with van der Waals surface area (Å²) < 4.78 is 6.81. The Labute approximate surface area is 125 Å². The molecule has 0 saturated carbocycles. The van der Waals surface area contributed by atoms with Crippen molar-refractivity contribution in [1.82, 2.24) is 10.3 Å². The first-order valence-corrected chi connectivity index (χ1v) is 7.15. The molecule has 0 spiro atoms. The summed E-state index contributed by atoms with van der Waals surface area (Å²) in [5, 5.41) is 3.97. The van der Waals surface area contributed by atoms with Gasteiger partial charge in [-0.3, -0.25) is 0 Å². The van der Waals surface area contributed by atoms with E-state index in [0.29, 0.717) is 23.5 Å². The van der Waals surface area contributed by atoms with Gasteiger partial charge in [-0.25, -0.2) is 4.98 Å². The van der Waals surface area contributed by atoms with E-state index in [1.807, 2.05) is 18.2 Å². The lowest BCUT2D eigenvalue weighted by molar-refractivity contribution is 0.459. The van der Waals surface area contributed by atoms with Gasteiger partial charge in [-0.2, -0.15) is 0 Å². The van der Waals surface area contributed by atoms with E-state index in [2.05, 4.69) is 46.7 Å². The van der Waals surface area contributed by atoms with Gasteiger partial charge >= 0.3 is 0 Å². The van der Waals surface area contributed by atoms with E-state index in [0.717, 1.165) is 14.9 Å². The molecule has 18 heavy (non-hydrogen) atoms. The molecule has 0 aliphatic rings. The molecule has 2 aromatic rings. The van der Waals surface area contributed by atoms with Gasteiger partial charge in [0.25, 0.3) is 0 Å². The first-order chi connectivity index (χ1) is 8.56. The van der Waals surface area contributed by atoms with Crippen molar-refractivity contribution in [1.29, 1.82) is 0 Å². The van der Waals surface area contributed by atoms with Crippen LogP contribution in [0.5, 0.6) is 0 Å². The van der Waals surface area contributed by atoms with Crippen LogP contribution in [0.2, 0.25) is 5.02 Å². The highest BCUT2D eigenvalue weighted by atomic mass is 127. The van der Waals surface area contributed by atoms with Gasteiger partial charge < -0.3 is 9.73 Å². The molecule has 0 bridgehead atoms. The summed E-state index contributed by atoms with van der Waals surface area (Å²) in [6.07, 6.45) is 1.74. The number of oxazole rings is 1. The minimum atomic E-state index is 0.409. The second kappa shape index (κ2) is 6.04. The molecule has 0 saturated heterocycles. The summed E-state index contributed by atoms with van der Waals surface area (Å²) in [6.45, 7) is 4.81. The number of hydrogen-bond acceptors (Lipinski definition) is 3. The highest BCUT2D eigenvalue weighted by Crippen LogP contribution is 2.28. The molecule has 0 fully saturated rings. The smallest absolute Gasteiger partial charge is 0.208 e. The number of halogens is 2. The average molecular weight is 377 g/mol. The van der Waals surface area contributed by atoms with Gasteiger partial charge in [0.1, 0.15) is 0 Å². The van der Waals surface area contributed by atoms with Crippen molar-refractivity contribution < 1.29 is 4.42 Å². The lowest BCUT2D eigenvalue weighted by atomic mass is 10.2. The van der Waals surface area contributed by atoms with Crippen LogP contribution in [-0.4, -0.2) is 11.0 Å². The Balaban J connectivity index is 2.21. The van der Waals surface area contributed by atoms with Crippen molar-refractivity contribution in [3.63, 3.8) is 0 Å². The molecule has 0 atom stereocenters. The summed E-state index contributed by atoms with van der Waals surface area (Å²) in [6, 6.07) is 6.13. The third kappa shape index (κ3) is 3.46. The third-order valence-corrected chi connectivity index (χ3v) is 3.58. The molecule has 2 rings (SSSR count). The number of aromatic nitrogens is 1. The van der Waals surface area contributed by atoms with Crippen LogP contribution in [0.15, 0.2) is 28.8 Å². The lowest BCUT2D eigenvalue weighted by Gasteiger charge is -2.04. The third-order valence-electron chi connectivity index (χ3n) is 2.41. The molecular formula is C13H14ClIN2O.